The van der Waals surface area contributed by atoms with Crippen LogP contribution in [0.2, 0.25) is 0 Å². The smallest absolute Gasteiger partial charge is 0.274 e. The second-order valence-electron chi connectivity index (χ2n) is 5.19. The van der Waals surface area contributed by atoms with Crippen molar-refractivity contribution in [3.8, 4) is 0 Å². The lowest BCUT2D eigenvalue weighted by Crippen LogP contribution is -2.30. The number of H-pyrrole nitrogens is 1. The number of hydrogen-bond acceptors (Lipinski definition) is 9. The van der Waals surface area contributed by atoms with E-state index in [-0.39, 0.29) is 0 Å². The molecule has 0 aromatic carbocycles. The van der Waals surface area contributed by atoms with Crippen LogP contribution < -0.4 is 10.6 Å². The van der Waals surface area contributed by atoms with Crippen LogP contribution >= 0.6 is 34.9 Å². The molecule has 0 fully saturated rings. The van der Waals surface area contributed by atoms with Gasteiger partial charge in [0.05, 0.1) is 16.9 Å². The molecule has 2 aromatic rings. The van der Waals surface area contributed by atoms with E-state index in [4.69, 9.17) is 0 Å². The molecule has 0 radical (unpaired) electrons. The van der Waals surface area contributed by atoms with E-state index in [1.807, 2.05) is 12.3 Å². The third-order valence-corrected chi connectivity index (χ3v) is 6.14. The minimum absolute atomic E-state index is 0.446. The van der Waals surface area contributed by atoms with Gasteiger partial charge in [-0.25, -0.2) is 9.97 Å². The summed E-state index contributed by atoms with van der Waals surface area (Å²) in [6, 6.07) is 0. The largest absolute Gasteiger partial charge is 0.366 e. The zero-order valence-electron chi connectivity index (χ0n) is 14.4. The average molecular weight is 415 g/mol. The molecule has 0 saturated carbocycles. The fourth-order valence-corrected chi connectivity index (χ4v) is 4.40. The minimum Gasteiger partial charge on any atom is -0.366 e. The monoisotopic (exact) mass is 414 g/mol. The van der Waals surface area contributed by atoms with Crippen molar-refractivity contribution in [3.63, 3.8) is 0 Å². The van der Waals surface area contributed by atoms with E-state index in [9.17, 15) is 10.1 Å². The van der Waals surface area contributed by atoms with Gasteiger partial charge in [0.15, 0.2) is 5.82 Å². The van der Waals surface area contributed by atoms with Crippen molar-refractivity contribution in [1.82, 2.24) is 25.6 Å². The third-order valence-electron chi connectivity index (χ3n) is 3.24. The Bertz CT molecular complexity index is 689. The fourth-order valence-electron chi connectivity index (χ4n) is 1.96. The highest BCUT2D eigenvalue weighted by molar-refractivity contribution is 7.98. The highest BCUT2D eigenvalue weighted by atomic mass is 32.2. The van der Waals surface area contributed by atoms with E-state index >= 15 is 0 Å². The zero-order chi connectivity index (χ0) is 18.6. The van der Waals surface area contributed by atoms with Crippen LogP contribution in [0.1, 0.15) is 16.4 Å². The van der Waals surface area contributed by atoms with Crippen molar-refractivity contribution in [2.45, 2.75) is 18.4 Å². The fraction of sp³-hybridized carbons (Fsp3) is 0.467. The summed E-state index contributed by atoms with van der Waals surface area (Å²) < 4.78 is 0. The highest BCUT2D eigenvalue weighted by Gasteiger charge is 2.04. The van der Waals surface area contributed by atoms with Gasteiger partial charge in [0.25, 0.3) is 6.20 Å². The van der Waals surface area contributed by atoms with Gasteiger partial charge < -0.3 is 15.6 Å². The first-order chi connectivity index (χ1) is 12.6. The van der Waals surface area contributed by atoms with Crippen LogP contribution in [-0.4, -0.2) is 44.5 Å². The number of aromatic amines is 1. The van der Waals surface area contributed by atoms with Crippen molar-refractivity contribution in [2.24, 2.45) is 0 Å². The first kappa shape index (κ1) is 20.6. The van der Waals surface area contributed by atoms with Gasteiger partial charge in [-0.05, 0) is 6.92 Å². The first-order valence-electron chi connectivity index (χ1n) is 8.01. The van der Waals surface area contributed by atoms with Gasteiger partial charge in [-0.2, -0.15) is 23.5 Å². The SMILES string of the molecule is Cc1[nH]cnc1CSCCNC(=C[N+](=O)[O-])NCCSCc1nccs1. The standard InChI is InChI=1S/C15H22N6O2S3/c1-12-13(20-11-19-12)9-24-5-2-16-14(8-21(22)23)17-3-6-25-10-15-18-4-7-26-15/h4,7-8,11,16-17H,2-3,5-6,9-10H2,1H3,(H,19,20). The van der Waals surface area contributed by atoms with Gasteiger partial charge in [-0.1, -0.05) is 0 Å². The van der Waals surface area contributed by atoms with E-state index in [1.165, 1.54) is 0 Å². The molecule has 0 saturated heterocycles. The predicted octanol–water partition coefficient (Wildman–Crippen LogP) is 2.60. The lowest BCUT2D eigenvalue weighted by molar-refractivity contribution is -0.404. The van der Waals surface area contributed by atoms with Crippen LogP contribution in [0, 0.1) is 17.0 Å². The summed E-state index contributed by atoms with van der Waals surface area (Å²) >= 11 is 5.12. The van der Waals surface area contributed by atoms with Crippen molar-refractivity contribution in [1.29, 1.82) is 0 Å². The minimum atomic E-state index is -0.446. The van der Waals surface area contributed by atoms with Crippen molar-refractivity contribution >= 4 is 34.9 Å². The number of rotatable bonds is 13. The van der Waals surface area contributed by atoms with E-state index in [0.717, 1.165) is 45.6 Å². The molecular weight excluding hydrogens is 392 g/mol. The Morgan fingerprint density at radius 3 is 2.62 bits per heavy atom. The normalized spacial score (nSPS) is 11.5. The maximum Gasteiger partial charge on any atom is 0.274 e. The van der Waals surface area contributed by atoms with Gasteiger partial charge in [0, 0.05) is 53.4 Å². The number of aromatic nitrogens is 3. The molecule has 0 aliphatic carbocycles. The Morgan fingerprint density at radius 1 is 1.31 bits per heavy atom. The molecule has 142 valence electrons. The number of hydrogen-bond donors (Lipinski definition) is 3. The number of nitrogens with zero attached hydrogens (tertiary/aromatic N) is 3. The van der Waals surface area contributed by atoms with Gasteiger partial charge in [0.2, 0.25) is 0 Å². The van der Waals surface area contributed by atoms with Crippen LogP contribution in [-0.2, 0) is 11.5 Å². The molecule has 0 spiro atoms. The van der Waals surface area contributed by atoms with Crippen LogP contribution in [0.4, 0.5) is 0 Å². The molecule has 0 bridgehead atoms. The number of nitro groups is 1. The number of nitrogens with one attached hydrogen (secondary N) is 3. The Labute approximate surface area is 164 Å². The third kappa shape index (κ3) is 8.11. The van der Waals surface area contributed by atoms with Crippen molar-refractivity contribution in [3.05, 3.63) is 56.4 Å². The number of thioether (sulfide) groups is 2. The topological polar surface area (TPSA) is 109 Å². The molecule has 11 heteroatoms. The molecule has 0 amide bonds. The van der Waals surface area contributed by atoms with Crippen LogP contribution in [0.25, 0.3) is 0 Å². The molecule has 2 aromatic heterocycles. The molecule has 2 rings (SSSR count). The van der Waals surface area contributed by atoms with E-state index < -0.39 is 4.92 Å². The summed E-state index contributed by atoms with van der Waals surface area (Å²) in [6.45, 7) is 3.30. The molecule has 2 heterocycles. The molecule has 0 atom stereocenters. The summed E-state index contributed by atoms with van der Waals surface area (Å²) in [6.07, 6.45) is 4.47. The summed E-state index contributed by atoms with van der Waals surface area (Å²) in [5.41, 5.74) is 2.13. The lowest BCUT2D eigenvalue weighted by Gasteiger charge is -2.11. The highest BCUT2D eigenvalue weighted by Crippen LogP contribution is 2.13. The maximum atomic E-state index is 10.8. The van der Waals surface area contributed by atoms with Gasteiger partial charge in [-0.15, -0.1) is 11.3 Å². The van der Waals surface area contributed by atoms with E-state index in [1.54, 1.807) is 47.4 Å². The Balaban J connectivity index is 1.60. The van der Waals surface area contributed by atoms with Gasteiger partial charge in [-0.3, -0.25) is 10.1 Å². The second-order valence-corrected chi connectivity index (χ2v) is 8.38. The Hall–Kier alpha value is -1.72. The molecule has 8 nitrogen and oxygen atoms in total. The van der Waals surface area contributed by atoms with Crippen LogP contribution in [0.15, 0.2) is 29.9 Å². The maximum absolute atomic E-state index is 10.8. The van der Waals surface area contributed by atoms with Crippen LogP contribution in [0.5, 0.6) is 0 Å². The second kappa shape index (κ2) is 11.8. The molecule has 0 unspecified atom stereocenters. The summed E-state index contributed by atoms with van der Waals surface area (Å²) in [5.74, 6) is 3.82. The summed E-state index contributed by atoms with van der Waals surface area (Å²) in [4.78, 5) is 21.8. The molecule has 0 aliphatic rings. The predicted molar refractivity (Wildman–Crippen MR) is 109 cm³/mol. The zero-order valence-corrected chi connectivity index (χ0v) is 16.9. The van der Waals surface area contributed by atoms with Gasteiger partial charge in [0.1, 0.15) is 5.01 Å². The number of imidazole rings is 1. The quantitative estimate of drug-likeness (QED) is 0.261. The Kier molecular flexibility index (Phi) is 9.35. The van der Waals surface area contributed by atoms with Crippen molar-refractivity contribution in [2.75, 3.05) is 24.6 Å². The van der Waals surface area contributed by atoms with E-state index in [0.29, 0.717) is 18.9 Å². The summed E-state index contributed by atoms with van der Waals surface area (Å²) in [7, 11) is 0. The molecule has 0 aliphatic heterocycles. The van der Waals surface area contributed by atoms with Crippen LogP contribution in [0.3, 0.4) is 0 Å². The van der Waals surface area contributed by atoms with E-state index in [2.05, 4.69) is 25.6 Å². The molecule has 26 heavy (non-hydrogen) atoms. The average Bonchev–Trinajstić information content (AvgIpc) is 3.25. The molecular formula is C15H22N6O2S3. The van der Waals surface area contributed by atoms with Crippen molar-refractivity contribution < 1.29 is 4.92 Å². The summed E-state index contributed by atoms with van der Waals surface area (Å²) in [5, 5.41) is 20.0. The van der Waals surface area contributed by atoms with Gasteiger partial charge >= 0.3 is 0 Å². The lowest BCUT2D eigenvalue weighted by atomic mass is 10.4. The number of thiazole rings is 1. The first-order valence-corrected chi connectivity index (χ1v) is 11.2. The number of aryl methyl sites for hydroxylation is 1. The molecule has 3 N–H and O–H groups in total. The Morgan fingerprint density at radius 2 is 2.04 bits per heavy atom.